The number of halogens is 2. The topological polar surface area (TPSA) is 12.0 Å². The molecular formula is C13H17F2N. The fraction of sp³-hybridized carbons (Fsp3) is 0.538. The lowest BCUT2D eigenvalue weighted by atomic mass is 9.87. The summed E-state index contributed by atoms with van der Waals surface area (Å²) in [6.45, 7) is 3.78. The van der Waals surface area contributed by atoms with Gasteiger partial charge in [0.2, 0.25) is 0 Å². The van der Waals surface area contributed by atoms with Crippen LogP contribution in [0.4, 0.5) is 8.78 Å². The second kappa shape index (κ2) is 4.91. The molecule has 0 spiro atoms. The van der Waals surface area contributed by atoms with Gasteiger partial charge in [-0.05, 0) is 37.8 Å². The molecule has 1 aliphatic rings. The van der Waals surface area contributed by atoms with Gasteiger partial charge in [0.25, 0.3) is 6.43 Å². The Morgan fingerprint density at radius 2 is 2.19 bits per heavy atom. The standard InChI is InChI=1S/C13H17F2N/c1-9-4-5-11(13(14)15)12(7-9)10-3-2-6-16-8-10/h4-5,7,10,13,16H,2-3,6,8H2,1H3. The van der Waals surface area contributed by atoms with Crippen LogP contribution >= 0.6 is 0 Å². The normalized spacial score (nSPS) is 21.4. The van der Waals surface area contributed by atoms with Crippen molar-refractivity contribution in [2.45, 2.75) is 32.1 Å². The molecule has 1 aromatic rings. The van der Waals surface area contributed by atoms with Crippen molar-refractivity contribution in [2.24, 2.45) is 0 Å². The highest BCUT2D eigenvalue weighted by Gasteiger charge is 2.21. The maximum atomic E-state index is 12.9. The highest BCUT2D eigenvalue weighted by atomic mass is 19.3. The van der Waals surface area contributed by atoms with Crippen molar-refractivity contribution in [3.05, 3.63) is 34.9 Å². The van der Waals surface area contributed by atoms with E-state index in [1.807, 2.05) is 13.0 Å². The SMILES string of the molecule is Cc1ccc(C(F)F)c(C2CCCNC2)c1. The van der Waals surface area contributed by atoms with Gasteiger partial charge in [-0.1, -0.05) is 23.8 Å². The summed E-state index contributed by atoms with van der Waals surface area (Å²) in [5.41, 5.74) is 2.10. The molecule has 1 nitrogen and oxygen atoms in total. The first kappa shape index (κ1) is 11.5. The molecule has 16 heavy (non-hydrogen) atoms. The molecule has 1 saturated heterocycles. The molecule has 1 atom stereocenters. The summed E-state index contributed by atoms with van der Waals surface area (Å²) in [6, 6.07) is 5.25. The zero-order chi connectivity index (χ0) is 11.5. The number of aryl methyl sites for hydroxylation is 1. The van der Waals surface area contributed by atoms with E-state index in [9.17, 15) is 8.78 Å². The molecule has 1 aliphatic heterocycles. The van der Waals surface area contributed by atoms with Gasteiger partial charge in [0.1, 0.15) is 0 Å². The molecule has 1 heterocycles. The Morgan fingerprint density at radius 1 is 1.38 bits per heavy atom. The molecule has 0 aromatic heterocycles. The van der Waals surface area contributed by atoms with E-state index < -0.39 is 6.43 Å². The highest BCUT2D eigenvalue weighted by molar-refractivity contribution is 5.35. The van der Waals surface area contributed by atoms with E-state index in [4.69, 9.17) is 0 Å². The maximum Gasteiger partial charge on any atom is 0.264 e. The predicted octanol–water partition coefficient (Wildman–Crippen LogP) is 3.40. The molecule has 0 radical (unpaired) electrons. The van der Waals surface area contributed by atoms with E-state index in [-0.39, 0.29) is 11.5 Å². The van der Waals surface area contributed by atoms with Gasteiger partial charge in [-0.2, -0.15) is 0 Å². The van der Waals surface area contributed by atoms with Gasteiger partial charge < -0.3 is 5.32 Å². The van der Waals surface area contributed by atoms with Crippen molar-refractivity contribution in [2.75, 3.05) is 13.1 Å². The van der Waals surface area contributed by atoms with Crippen LogP contribution in [0, 0.1) is 6.92 Å². The van der Waals surface area contributed by atoms with Crippen LogP contribution in [0.25, 0.3) is 0 Å². The first-order chi connectivity index (χ1) is 7.68. The fourth-order valence-electron chi connectivity index (χ4n) is 2.36. The zero-order valence-electron chi connectivity index (χ0n) is 9.47. The third-order valence-corrected chi connectivity index (χ3v) is 3.21. The molecule has 0 saturated carbocycles. The Labute approximate surface area is 94.9 Å². The van der Waals surface area contributed by atoms with Crippen molar-refractivity contribution in [3.8, 4) is 0 Å². The molecule has 1 fully saturated rings. The number of rotatable bonds is 2. The number of hydrogen-bond donors (Lipinski definition) is 1. The molecule has 1 aromatic carbocycles. The molecule has 88 valence electrons. The van der Waals surface area contributed by atoms with Crippen LogP contribution < -0.4 is 5.32 Å². The molecular weight excluding hydrogens is 208 g/mol. The first-order valence-corrected chi connectivity index (χ1v) is 5.78. The van der Waals surface area contributed by atoms with E-state index in [1.165, 1.54) is 0 Å². The summed E-state index contributed by atoms with van der Waals surface area (Å²) in [4.78, 5) is 0. The largest absolute Gasteiger partial charge is 0.316 e. The smallest absolute Gasteiger partial charge is 0.264 e. The number of alkyl halides is 2. The number of benzene rings is 1. The molecule has 0 aliphatic carbocycles. The molecule has 0 bridgehead atoms. The summed E-state index contributed by atoms with van der Waals surface area (Å²) in [5.74, 6) is 0.248. The van der Waals surface area contributed by atoms with Crippen LogP contribution in [-0.4, -0.2) is 13.1 Å². The summed E-state index contributed by atoms with van der Waals surface area (Å²) in [5, 5.41) is 3.27. The monoisotopic (exact) mass is 225 g/mol. The zero-order valence-corrected chi connectivity index (χ0v) is 9.47. The number of nitrogens with one attached hydrogen (secondary N) is 1. The summed E-state index contributed by atoms with van der Waals surface area (Å²) < 4.78 is 25.8. The van der Waals surface area contributed by atoms with Gasteiger partial charge in [0.05, 0.1) is 0 Å². The van der Waals surface area contributed by atoms with E-state index in [1.54, 1.807) is 12.1 Å². The van der Waals surface area contributed by atoms with Crippen LogP contribution in [0.15, 0.2) is 18.2 Å². The molecule has 3 heteroatoms. The first-order valence-electron chi connectivity index (χ1n) is 5.78. The minimum absolute atomic E-state index is 0.208. The Hall–Kier alpha value is -0.960. The quantitative estimate of drug-likeness (QED) is 0.813. The second-order valence-corrected chi connectivity index (χ2v) is 4.48. The summed E-state index contributed by atoms with van der Waals surface area (Å²) >= 11 is 0. The lowest BCUT2D eigenvalue weighted by Gasteiger charge is -2.25. The van der Waals surface area contributed by atoms with Crippen molar-refractivity contribution >= 4 is 0 Å². The van der Waals surface area contributed by atoms with E-state index >= 15 is 0 Å². The lowest BCUT2D eigenvalue weighted by molar-refractivity contribution is 0.149. The number of piperidine rings is 1. The molecule has 0 amide bonds. The van der Waals surface area contributed by atoms with E-state index in [0.717, 1.165) is 37.1 Å². The Kier molecular flexibility index (Phi) is 3.54. The van der Waals surface area contributed by atoms with Crippen molar-refractivity contribution in [1.29, 1.82) is 0 Å². The van der Waals surface area contributed by atoms with Gasteiger partial charge in [-0.25, -0.2) is 8.78 Å². The third-order valence-electron chi connectivity index (χ3n) is 3.21. The molecule has 2 rings (SSSR count). The fourth-order valence-corrected chi connectivity index (χ4v) is 2.36. The van der Waals surface area contributed by atoms with Crippen LogP contribution in [0.1, 0.15) is 41.9 Å². The van der Waals surface area contributed by atoms with Crippen molar-refractivity contribution in [3.63, 3.8) is 0 Å². The average Bonchev–Trinajstić information content (AvgIpc) is 2.29. The van der Waals surface area contributed by atoms with Gasteiger partial charge in [0, 0.05) is 12.1 Å². The summed E-state index contributed by atoms with van der Waals surface area (Å²) in [6.07, 6.45) is -0.283. The van der Waals surface area contributed by atoms with E-state index in [0.29, 0.717) is 0 Å². The molecule has 1 N–H and O–H groups in total. The maximum absolute atomic E-state index is 12.9. The van der Waals surface area contributed by atoms with Crippen molar-refractivity contribution < 1.29 is 8.78 Å². The predicted molar refractivity (Wildman–Crippen MR) is 61.0 cm³/mol. The summed E-state index contributed by atoms with van der Waals surface area (Å²) in [7, 11) is 0. The van der Waals surface area contributed by atoms with Crippen LogP contribution in [0.2, 0.25) is 0 Å². The third kappa shape index (κ3) is 2.40. The highest BCUT2D eigenvalue weighted by Crippen LogP contribution is 2.32. The van der Waals surface area contributed by atoms with Gasteiger partial charge in [-0.3, -0.25) is 0 Å². The van der Waals surface area contributed by atoms with Gasteiger partial charge in [-0.15, -0.1) is 0 Å². The van der Waals surface area contributed by atoms with Gasteiger partial charge in [0.15, 0.2) is 0 Å². The minimum atomic E-state index is -2.36. The second-order valence-electron chi connectivity index (χ2n) is 4.48. The van der Waals surface area contributed by atoms with E-state index in [2.05, 4.69) is 5.32 Å². The van der Waals surface area contributed by atoms with Crippen LogP contribution in [-0.2, 0) is 0 Å². The Balaban J connectivity index is 2.32. The Morgan fingerprint density at radius 3 is 2.81 bits per heavy atom. The number of hydrogen-bond acceptors (Lipinski definition) is 1. The van der Waals surface area contributed by atoms with Gasteiger partial charge >= 0.3 is 0 Å². The molecule has 1 unspecified atom stereocenters. The average molecular weight is 225 g/mol. The van der Waals surface area contributed by atoms with Crippen LogP contribution in [0.5, 0.6) is 0 Å². The lowest BCUT2D eigenvalue weighted by Crippen LogP contribution is -2.29. The van der Waals surface area contributed by atoms with Crippen molar-refractivity contribution in [1.82, 2.24) is 5.32 Å². The Bertz CT molecular complexity index is 357. The van der Waals surface area contributed by atoms with Crippen LogP contribution in [0.3, 0.4) is 0 Å². The minimum Gasteiger partial charge on any atom is -0.316 e.